The number of alkyl halides is 3. The van der Waals surface area contributed by atoms with Crippen LogP contribution in [0.4, 0.5) is 23.8 Å². The highest BCUT2D eigenvalue weighted by molar-refractivity contribution is 6.33. The molecule has 30 heavy (non-hydrogen) atoms. The summed E-state index contributed by atoms with van der Waals surface area (Å²) in [5, 5.41) is 2.47. The smallest absolute Gasteiger partial charge is 0.352 e. The number of carbonyl (C=O) groups excluding carboxylic acids is 3. The van der Waals surface area contributed by atoms with E-state index in [1.54, 1.807) is 18.7 Å². The second kappa shape index (κ2) is 7.93. The lowest BCUT2D eigenvalue weighted by Crippen LogP contribution is -2.52. The average molecular weight is 448 g/mol. The zero-order chi connectivity index (χ0) is 22.3. The zero-order valence-corrected chi connectivity index (χ0v) is 17.2. The van der Waals surface area contributed by atoms with Crippen LogP contribution in [-0.4, -0.2) is 70.9 Å². The van der Waals surface area contributed by atoms with E-state index in [-0.39, 0.29) is 36.4 Å². The number of hydrogen-bond acceptors (Lipinski definition) is 5. The van der Waals surface area contributed by atoms with Crippen molar-refractivity contribution in [1.29, 1.82) is 0 Å². The number of imide groups is 1. The molecule has 2 saturated heterocycles. The fourth-order valence-corrected chi connectivity index (χ4v) is 3.64. The standard InChI is InChI=1S/C18H21ClF3N5O3/c1-3-17(2)15(29)27(16(30)24-17)10-13(28)25-4-6-26(7-5-25)14-12(19)8-11(9-23-14)18(20,21)22/h8-9H,3-7,10H2,1-2H3,(H,24,30)/t17-/m1/s1. The van der Waals surface area contributed by atoms with Gasteiger partial charge in [0.25, 0.3) is 5.91 Å². The third-order valence-electron chi connectivity index (χ3n) is 5.43. The van der Waals surface area contributed by atoms with E-state index in [0.29, 0.717) is 19.5 Å². The van der Waals surface area contributed by atoms with Crippen LogP contribution >= 0.6 is 11.6 Å². The zero-order valence-electron chi connectivity index (χ0n) is 16.4. The number of nitrogens with one attached hydrogen (secondary N) is 1. The molecule has 3 heterocycles. The van der Waals surface area contributed by atoms with Gasteiger partial charge in [0.2, 0.25) is 5.91 Å². The summed E-state index contributed by atoms with van der Waals surface area (Å²) in [7, 11) is 0. The van der Waals surface area contributed by atoms with Crippen molar-refractivity contribution in [2.24, 2.45) is 0 Å². The van der Waals surface area contributed by atoms with E-state index in [4.69, 9.17) is 11.6 Å². The molecule has 164 valence electrons. The number of nitrogens with zero attached hydrogens (tertiary/aromatic N) is 4. The molecule has 3 rings (SSSR count). The van der Waals surface area contributed by atoms with Crippen molar-refractivity contribution in [2.45, 2.75) is 32.0 Å². The predicted molar refractivity (Wildman–Crippen MR) is 102 cm³/mol. The molecule has 0 saturated carbocycles. The largest absolute Gasteiger partial charge is 0.417 e. The van der Waals surface area contributed by atoms with Gasteiger partial charge in [-0.05, 0) is 19.4 Å². The summed E-state index contributed by atoms with van der Waals surface area (Å²) in [6.07, 6.45) is -3.41. The third-order valence-corrected chi connectivity index (χ3v) is 5.70. The van der Waals surface area contributed by atoms with Crippen LogP contribution in [0.15, 0.2) is 12.3 Å². The van der Waals surface area contributed by atoms with Gasteiger partial charge in [0.1, 0.15) is 17.9 Å². The number of rotatable bonds is 4. The SMILES string of the molecule is CC[C@@]1(C)NC(=O)N(CC(=O)N2CCN(c3ncc(C(F)(F)F)cc3Cl)CC2)C1=O. The Labute approximate surface area is 175 Å². The number of anilines is 1. The van der Waals surface area contributed by atoms with Gasteiger partial charge in [0.05, 0.1) is 10.6 Å². The first-order valence-corrected chi connectivity index (χ1v) is 9.73. The van der Waals surface area contributed by atoms with Crippen LogP contribution in [-0.2, 0) is 15.8 Å². The van der Waals surface area contributed by atoms with E-state index in [2.05, 4.69) is 10.3 Å². The predicted octanol–water partition coefficient (Wildman–Crippen LogP) is 2.12. The molecule has 1 atom stereocenters. The van der Waals surface area contributed by atoms with Crippen LogP contribution in [0.5, 0.6) is 0 Å². The van der Waals surface area contributed by atoms with Gasteiger partial charge >= 0.3 is 12.2 Å². The molecule has 8 nitrogen and oxygen atoms in total. The van der Waals surface area contributed by atoms with Gasteiger partial charge in [-0.3, -0.25) is 14.5 Å². The average Bonchev–Trinajstić information content (AvgIpc) is 2.91. The first-order chi connectivity index (χ1) is 14.0. The van der Waals surface area contributed by atoms with Crippen LogP contribution in [0, 0.1) is 0 Å². The number of hydrogen-bond donors (Lipinski definition) is 1. The molecule has 2 fully saturated rings. The Kier molecular flexibility index (Phi) is 5.85. The molecule has 0 spiro atoms. The number of pyridine rings is 1. The van der Waals surface area contributed by atoms with Crippen molar-refractivity contribution in [2.75, 3.05) is 37.6 Å². The van der Waals surface area contributed by atoms with Crippen LogP contribution in [0.1, 0.15) is 25.8 Å². The summed E-state index contributed by atoms with van der Waals surface area (Å²) in [6.45, 7) is 4.13. The number of halogens is 4. The number of aromatic nitrogens is 1. The highest BCUT2D eigenvalue weighted by Gasteiger charge is 2.47. The highest BCUT2D eigenvalue weighted by Crippen LogP contribution is 2.33. The molecule has 0 unspecified atom stereocenters. The second-order valence-corrected chi connectivity index (χ2v) is 7.81. The minimum absolute atomic E-state index is 0.122. The Morgan fingerprint density at radius 1 is 1.27 bits per heavy atom. The molecule has 1 aromatic heterocycles. The molecule has 0 aliphatic carbocycles. The lowest BCUT2D eigenvalue weighted by molar-refractivity contribution is -0.139. The van der Waals surface area contributed by atoms with Gasteiger partial charge in [0, 0.05) is 32.4 Å². The fourth-order valence-electron chi connectivity index (χ4n) is 3.35. The molecule has 12 heteroatoms. The summed E-state index contributed by atoms with van der Waals surface area (Å²) in [5.41, 5.74) is -1.95. The molecule has 2 aliphatic heterocycles. The maximum atomic E-state index is 12.8. The summed E-state index contributed by atoms with van der Waals surface area (Å²) in [5.74, 6) is -0.614. The molecule has 1 aromatic rings. The van der Waals surface area contributed by atoms with Crippen molar-refractivity contribution in [1.82, 2.24) is 20.1 Å². The van der Waals surface area contributed by atoms with E-state index >= 15 is 0 Å². The molecule has 1 N–H and O–H groups in total. The van der Waals surface area contributed by atoms with Gasteiger partial charge in [-0.1, -0.05) is 18.5 Å². The van der Waals surface area contributed by atoms with E-state index < -0.39 is 29.2 Å². The maximum Gasteiger partial charge on any atom is 0.417 e. The molecule has 0 bridgehead atoms. The van der Waals surface area contributed by atoms with E-state index in [9.17, 15) is 27.6 Å². The highest BCUT2D eigenvalue weighted by atomic mass is 35.5. The molecule has 2 aliphatic rings. The van der Waals surface area contributed by atoms with Gasteiger partial charge < -0.3 is 15.1 Å². The van der Waals surface area contributed by atoms with E-state index in [1.165, 1.54) is 4.90 Å². The van der Waals surface area contributed by atoms with Crippen LogP contribution in [0.2, 0.25) is 5.02 Å². The number of carbonyl (C=O) groups is 3. The summed E-state index contributed by atoms with van der Waals surface area (Å²) < 4.78 is 38.3. The Hall–Kier alpha value is -2.56. The van der Waals surface area contributed by atoms with Gasteiger partial charge in [0.15, 0.2) is 0 Å². The van der Waals surface area contributed by atoms with Crippen molar-refractivity contribution in [3.05, 3.63) is 22.8 Å². The first-order valence-electron chi connectivity index (χ1n) is 9.36. The molecule has 0 aromatic carbocycles. The number of urea groups is 1. The molecule has 4 amide bonds. The lowest BCUT2D eigenvalue weighted by atomic mass is 9.99. The Morgan fingerprint density at radius 2 is 1.90 bits per heavy atom. The topological polar surface area (TPSA) is 85.8 Å². The van der Waals surface area contributed by atoms with Gasteiger partial charge in [-0.2, -0.15) is 13.2 Å². The fraction of sp³-hybridized carbons (Fsp3) is 0.556. The number of amides is 4. The van der Waals surface area contributed by atoms with Crippen molar-refractivity contribution in [3.8, 4) is 0 Å². The number of piperazine rings is 1. The van der Waals surface area contributed by atoms with Crippen LogP contribution < -0.4 is 10.2 Å². The van der Waals surface area contributed by atoms with E-state index in [1.807, 2.05) is 0 Å². The Morgan fingerprint density at radius 3 is 2.40 bits per heavy atom. The maximum absolute atomic E-state index is 12.8. The minimum atomic E-state index is -4.53. The van der Waals surface area contributed by atoms with E-state index in [0.717, 1.165) is 17.2 Å². The first kappa shape index (κ1) is 22.1. The summed E-state index contributed by atoms with van der Waals surface area (Å²) >= 11 is 5.98. The third kappa shape index (κ3) is 4.16. The molecule has 0 radical (unpaired) electrons. The minimum Gasteiger partial charge on any atom is -0.352 e. The summed E-state index contributed by atoms with van der Waals surface area (Å²) in [6, 6.07) is 0.223. The van der Waals surface area contributed by atoms with Gasteiger partial charge in [-0.25, -0.2) is 9.78 Å². The van der Waals surface area contributed by atoms with Crippen LogP contribution in [0.25, 0.3) is 0 Å². The Bertz CT molecular complexity index is 873. The normalized spacial score (nSPS) is 22.5. The van der Waals surface area contributed by atoms with Crippen molar-refractivity contribution < 1.29 is 27.6 Å². The van der Waals surface area contributed by atoms with Crippen molar-refractivity contribution >= 4 is 35.3 Å². The van der Waals surface area contributed by atoms with Crippen molar-refractivity contribution in [3.63, 3.8) is 0 Å². The Balaban J connectivity index is 1.60. The molecular weight excluding hydrogens is 427 g/mol. The summed E-state index contributed by atoms with van der Waals surface area (Å²) in [4.78, 5) is 45.0. The van der Waals surface area contributed by atoms with Crippen LogP contribution in [0.3, 0.4) is 0 Å². The molecular formula is C18H21ClF3N5O3. The lowest BCUT2D eigenvalue weighted by Gasteiger charge is -2.36. The second-order valence-electron chi connectivity index (χ2n) is 7.40. The quantitative estimate of drug-likeness (QED) is 0.715. The van der Waals surface area contributed by atoms with Gasteiger partial charge in [-0.15, -0.1) is 0 Å². The monoisotopic (exact) mass is 447 g/mol.